The quantitative estimate of drug-likeness (QED) is 0.374. The number of nitro groups is 1. The summed E-state index contributed by atoms with van der Waals surface area (Å²) in [4.78, 5) is 22.3. The molecule has 0 saturated heterocycles. The van der Waals surface area contributed by atoms with Gasteiger partial charge in [-0.15, -0.1) is 10.2 Å². The van der Waals surface area contributed by atoms with Gasteiger partial charge in [-0.05, 0) is 37.3 Å². The van der Waals surface area contributed by atoms with Gasteiger partial charge in [0.1, 0.15) is 0 Å². The molecule has 0 aliphatic carbocycles. The Morgan fingerprint density at radius 2 is 1.96 bits per heavy atom. The lowest BCUT2D eigenvalue weighted by Gasteiger charge is -2.09. The van der Waals surface area contributed by atoms with Crippen molar-refractivity contribution in [3.63, 3.8) is 0 Å². The van der Waals surface area contributed by atoms with E-state index in [1.807, 2.05) is 0 Å². The highest BCUT2D eigenvalue weighted by Gasteiger charge is 2.20. The smallest absolute Gasteiger partial charge is 0.338 e. The Balaban J connectivity index is 1.72. The number of halogens is 1. The second-order valence-electron chi connectivity index (χ2n) is 5.31. The summed E-state index contributed by atoms with van der Waals surface area (Å²) in [6.07, 6.45) is -0.777. The molecule has 2 aromatic carbocycles. The molecule has 0 aliphatic heterocycles. The molecule has 0 fully saturated rings. The maximum absolute atomic E-state index is 12.1. The van der Waals surface area contributed by atoms with Crippen LogP contribution in [0, 0.1) is 10.1 Å². The van der Waals surface area contributed by atoms with Crippen LogP contribution in [-0.4, -0.2) is 21.1 Å². The molecule has 132 valence electrons. The first-order valence-corrected chi connectivity index (χ1v) is 7.86. The summed E-state index contributed by atoms with van der Waals surface area (Å²) < 4.78 is 10.8. The number of non-ortho nitro benzene ring substituents is 1. The molecule has 0 bridgehead atoms. The zero-order chi connectivity index (χ0) is 18.7. The van der Waals surface area contributed by atoms with Crippen LogP contribution in [-0.2, 0) is 4.74 Å². The van der Waals surface area contributed by atoms with Crippen LogP contribution in [0.3, 0.4) is 0 Å². The lowest BCUT2D eigenvalue weighted by Crippen LogP contribution is -2.09. The Morgan fingerprint density at radius 3 is 2.62 bits per heavy atom. The van der Waals surface area contributed by atoms with Gasteiger partial charge in [-0.1, -0.05) is 17.7 Å². The predicted octanol–water partition coefficient (Wildman–Crippen LogP) is 4.22. The third-order valence-electron chi connectivity index (χ3n) is 3.46. The first-order chi connectivity index (χ1) is 12.4. The number of benzene rings is 2. The van der Waals surface area contributed by atoms with Crippen molar-refractivity contribution in [2.75, 3.05) is 0 Å². The number of hydrogen-bond acceptors (Lipinski definition) is 7. The fraction of sp³-hybridized carbons (Fsp3) is 0.118. The maximum Gasteiger partial charge on any atom is 0.338 e. The normalized spacial score (nSPS) is 11.8. The van der Waals surface area contributed by atoms with E-state index in [2.05, 4.69) is 10.2 Å². The minimum Gasteiger partial charge on any atom is -0.449 e. The first kappa shape index (κ1) is 17.6. The molecule has 0 amide bonds. The molecule has 0 unspecified atom stereocenters. The van der Waals surface area contributed by atoms with Crippen molar-refractivity contribution in [3.05, 3.63) is 75.1 Å². The van der Waals surface area contributed by atoms with Crippen molar-refractivity contribution < 1.29 is 18.9 Å². The summed E-state index contributed by atoms with van der Waals surface area (Å²) in [6.45, 7) is 1.59. The summed E-state index contributed by atoms with van der Waals surface area (Å²) in [5.41, 5.74) is 0.777. The molecule has 26 heavy (non-hydrogen) atoms. The molecule has 1 aromatic heterocycles. The van der Waals surface area contributed by atoms with Crippen LogP contribution < -0.4 is 0 Å². The molecular weight excluding hydrogens is 362 g/mol. The highest BCUT2D eigenvalue weighted by molar-refractivity contribution is 6.30. The van der Waals surface area contributed by atoms with Gasteiger partial charge in [-0.3, -0.25) is 10.1 Å². The minimum atomic E-state index is -0.777. The van der Waals surface area contributed by atoms with Gasteiger partial charge in [-0.25, -0.2) is 4.79 Å². The lowest BCUT2D eigenvalue weighted by atomic mass is 10.2. The van der Waals surface area contributed by atoms with Gasteiger partial charge in [0.2, 0.25) is 5.89 Å². The molecule has 1 heterocycles. The topological polar surface area (TPSA) is 108 Å². The zero-order valence-electron chi connectivity index (χ0n) is 13.5. The molecular formula is C17H12ClN3O5. The largest absolute Gasteiger partial charge is 0.449 e. The maximum atomic E-state index is 12.1. The van der Waals surface area contributed by atoms with E-state index in [1.165, 1.54) is 30.3 Å². The number of nitrogens with zero attached hydrogens (tertiary/aromatic N) is 3. The Bertz CT molecular complexity index is 955. The van der Waals surface area contributed by atoms with E-state index < -0.39 is 17.0 Å². The van der Waals surface area contributed by atoms with Crippen LogP contribution in [0.15, 0.2) is 52.9 Å². The summed E-state index contributed by atoms with van der Waals surface area (Å²) in [5.74, 6) is -0.302. The van der Waals surface area contributed by atoms with Gasteiger partial charge in [-0.2, -0.15) is 0 Å². The van der Waals surface area contributed by atoms with E-state index in [0.29, 0.717) is 16.1 Å². The van der Waals surface area contributed by atoms with Crippen molar-refractivity contribution in [1.82, 2.24) is 10.2 Å². The molecule has 3 rings (SSSR count). The second kappa shape index (κ2) is 7.32. The van der Waals surface area contributed by atoms with Crippen molar-refractivity contribution in [1.29, 1.82) is 0 Å². The van der Waals surface area contributed by atoms with Gasteiger partial charge >= 0.3 is 5.97 Å². The number of rotatable bonds is 5. The minimum absolute atomic E-state index is 0.0442. The standard InChI is InChI=1S/C17H12ClN3O5/c1-10(25-17(22)12-3-2-4-13(18)9-12)15-19-20-16(26-15)11-5-7-14(8-6-11)21(23)24/h2-10H,1H3/t10-/m1/s1. The van der Waals surface area contributed by atoms with Gasteiger partial charge in [0.05, 0.1) is 10.5 Å². The molecule has 3 aromatic rings. The van der Waals surface area contributed by atoms with Crippen molar-refractivity contribution >= 4 is 23.3 Å². The van der Waals surface area contributed by atoms with E-state index in [0.717, 1.165) is 0 Å². The highest BCUT2D eigenvalue weighted by atomic mass is 35.5. The van der Waals surface area contributed by atoms with Crippen LogP contribution in [0.4, 0.5) is 5.69 Å². The average Bonchev–Trinajstić information content (AvgIpc) is 3.12. The number of hydrogen-bond donors (Lipinski definition) is 0. The fourth-order valence-corrected chi connectivity index (χ4v) is 2.33. The molecule has 8 nitrogen and oxygen atoms in total. The van der Waals surface area contributed by atoms with Crippen LogP contribution >= 0.6 is 11.6 Å². The van der Waals surface area contributed by atoms with Crippen LogP contribution in [0.25, 0.3) is 11.5 Å². The van der Waals surface area contributed by atoms with Crippen LogP contribution in [0.1, 0.15) is 29.3 Å². The second-order valence-corrected chi connectivity index (χ2v) is 5.74. The van der Waals surface area contributed by atoms with E-state index in [1.54, 1.807) is 25.1 Å². The number of esters is 1. The average molecular weight is 374 g/mol. The molecule has 9 heteroatoms. The summed E-state index contributed by atoms with van der Waals surface area (Å²) in [7, 11) is 0. The first-order valence-electron chi connectivity index (χ1n) is 7.49. The van der Waals surface area contributed by atoms with Gasteiger partial charge in [0.25, 0.3) is 11.6 Å². The van der Waals surface area contributed by atoms with Gasteiger partial charge < -0.3 is 9.15 Å². The molecule has 0 radical (unpaired) electrons. The van der Waals surface area contributed by atoms with Crippen molar-refractivity contribution in [2.24, 2.45) is 0 Å². The van der Waals surface area contributed by atoms with Crippen molar-refractivity contribution in [2.45, 2.75) is 13.0 Å². The van der Waals surface area contributed by atoms with Gasteiger partial charge in [0, 0.05) is 22.7 Å². The lowest BCUT2D eigenvalue weighted by molar-refractivity contribution is -0.384. The zero-order valence-corrected chi connectivity index (χ0v) is 14.2. The third kappa shape index (κ3) is 3.86. The van der Waals surface area contributed by atoms with Crippen molar-refractivity contribution in [3.8, 4) is 11.5 Å². The molecule has 0 spiro atoms. The van der Waals surface area contributed by atoms with Crippen LogP contribution in [0.2, 0.25) is 5.02 Å². The molecule has 1 atom stereocenters. The molecule has 0 aliphatic rings. The number of ether oxygens (including phenoxy) is 1. The van der Waals surface area contributed by atoms with E-state index in [-0.39, 0.29) is 17.5 Å². The summed E-state index contributed by atoms with van der Waals surface area (Å²) >= 11 is 5.85. The Labute approximate surface area is 152 Å². The van der Waals surface area contributed by atoms with E-state index >= 15 is 0 Å². The number of carbonyl (C=O) groups is 1. The van der Waals surface area contributed by atoms with Gasteiger partial charge in [0.15, 0.2) is 6.10 Å². The van der Waals surface area contributed by atoms with E-state index in [4.69, 9.17) is 20.8 Å². The van der Waals surface area contributed by atoms with Crippen LogP contribution in [0.5, 0.6) is 0 Å². The third-order valence-corrected chi connectivity index (χ3v) is 3.69. The number of nitro benzene ring substituents is 1. The number of aromatic nitrogens is 2. The Morgan fingerprint density at radius 1 is 1.23 bits per heavy atom. The molecule has 0 N–H and O–H groups in total. The van der Waals surface area contributed by atoms with E-state index in [9.17, 15) is 14.9 Å². The Hall–Kier alpha value is -3.26. The highest BCUT2D eigenvalue weighted by Crippen LogP contribution is 2.25. The SMILES string of the molecule is C[C@@H](OC(=O)c1cccc(Cl)c1)c1nnc(-c2ccc([N+](=O)[O-])cc2)o1. The fourth-order valence-electron chi connectivity index (χ4n) is 2.14. The predicted molar refractivity (Wildman–Crippen MR) is 91.7 cm³/mol. The number of carbonyl (C=O) groups excluding carboxylic acids is 1. The molecule has 0 saturated carbocycles. The summed E-state index contributed by atoms with van der Waals surface area (Å²) in [5, 5.41) is 18.8. The Kier molecular flexibility index (Phi) is 4.94. The summed E-state index contributed by atoms with van der Waals surface area (Å²) in [6, 6.07) is 12.0. The monoisotopic (exact) mass is 373 g/mol.